The second-order valence-electron chi connectivity index (χ2n) is 4.16. The SMILES string of the molecule is Cc1cnnc(-c2ccc3c(cnn3C)c2)c1. The van der Waals surface area contributed by atoms with Crippen molar-refractivity contribution < 1.29 is 0 Å². The fourth-order valence-corrected chi connectivity index (χ4v) is 1.93. The number of hydrogen-bond acceptors (Lipinski definition) is 3. The maximum Gasteiger partial charge on any atom is 0.0932 e. The van der Waals surface area contributed by atoms with Crippen molar-refractivity contribution in [2.45, 2.75) is 6.92 Å². The highest BCUT2D eigenvalue weighted by molar-refractivity contribution is 5.83. The molecule has 3 aromatic rings. The van der Waals surface area contributed by atoms with Crippen LogP contribution in [-0.4, -0.2) is 20.0 Å². The first kappa shape index (κ1) is 9.96. The van der Waals surface area contributed by atoms with E-state index in [1.165, 1.54) is 0 Å². The highest BCUT2D eigenvalue weighted by Gasteiger charge is 2.04. The molecule has 0 spiro atoms. The van der Waals surface area contributed by atoms with Crippen molar-refractivity contribution in [3.8, 4) is 11.3 Å². The van der Waals surface area contributed by atoms with Crippen molar-refractivity contribution in [1.82, 2.24) is 20.0 Å². The summed E-state index contributed by atoms with van der Waals surface area (Å²) in [6.07, 6.45) is 3.62. The zero-order valence-electron chi connectivity index (χ0n) is 9.75. The monoisotopic (exact) mass is 224 g/mol. The van der Waals surface area contributed by atoms with Gasteiger partial charge in [0.05, 0.1) is 23.6 Å². The van der Waals surface area contributed by atoms with Crippen LogP contribution in [0.25, 0.3) is 22.2 Å². The number of fused-ring (bicyclic) bond motifs is 1. The third-order valence-corrected chi connectivity index (χ3v) is 2.83. The summed E-state index contributed by atoms with van der Waals surface area (Å²) in [6, 6.07) is 8.23. The molecule has 0 saturated carbocycles. The lowest BCUT2D eigenvalue weighted by molar-refractivity contribution is 0.797. The predicted molar refractivity (Wildman–Crippen MR) is 66.5 cm³/mol. The number of nitrogens with zero attached hydrogens (tertiary/aromatic N) is 4. The molecule has 0 aliphatic carbocycles. The average molecular weight is 224 g/mol. The zero-order valence-corrected chi connectivity index (χ0v) is 9.75. The summed E-state index contributed by atoms with van der Waals surface area (Å²) < 4.78 is 1.86. The maximum atomic E-state index is 4.23. The topological polar surface area (TPSA) is 43.6 Å². The van der Waals surface area contributed by atoms with Gasteiger partial charge in [0.25, 0.3) is 0 Å². The van der Waals surface area contributed by atoms with E-state index < -0.39 is 0 Å². The van der Waals surface area contributed by atoms with Crippen LogP contribution < -0.4 is 0 Å². The average Bonchev–Trinajstić information content (AvgIpc) is 2.71. The quantitative estimate of drug-likeness (QED) is 0.637. The van der Waals surface area contributed by atoms with Crippen molar-refractivity contribution in [2.24, 2.45) is 7.05 Å². The molecule has 0 atom stereocenters. The summed E-state index contributed by atoms with van der Waals surface area (Å²) in [5.74, 6) is 0. The van der Waals surface area contributed by atoms with Gasteiger partial charge in [0, 0.05) is 18.0 Å². The Kier molecular flexibility index (Phi) is 2.14. The molecule has 2 aromatic heterocycles. The van der Waals surface area contributed by atoms with E-state index in [9.17, 15) is 0 Å². The minimum atomic E-state index is 0.899. The van der Waals surface area contributed by atoms with Gasteiger partial charge < -0.3 is 0 Å². The molecule has 0 radical (unpaired) electrons. The molecule has 0 bridgehead atoms. The van der Waals surface area contributed by atoms with Crippen LogP contribution in [0.1, 0.15) is 5.56 Å². The van der Waals surface area contributed by atoms with E-state index in [0.717, 1.165) is 27.7 Å². The Balaban J connectivity index is 2.18. The minimum absolute atomic E-state index is 0.899. The first-order valence-corrected chi connectivity index (χ1v) is 5.45. The summed E-state index contributed by atoms with van der Waals surface area (Å²) in [5, 5.41) is 13.5. The summed E-state index contributed by atoms with van der Waals surface area (Å²) in [4.78, 5) is 0. The van der Waals surface area contributed by atoms with Crippen LogP contribution >= 0.6 is 0 Å². The molecule has 0 fully saturated rings. The Labute approximate surface area is 98.9 Å². The van der Waals surface area contributed by atoms with Crippen LogP contribution in [0, 0.1) is 6.92 Å². The van der Waals surface area contributed by atoms with Crippen LogP contribution in [0.3, 0.4) is 0 Å². The Morgan fingerprint density at radius 3 is 2.82 bits per heavy atom. The number of aryl methyl sites for hydroxylation is 2. The second kappa shape index (κ2) is 3.66. The van der Waals surface area contributed by atoms with E-state index in [1.807, 2.05) is 37.0 Å². The standard InChI is InChI=1S/C13H12N4/c1-9-5-12(16-14-7-9)10-3-4-13-11(6-10)8-15-17(13)2/h3-8H,1-2H3. The van der Waals surface area contributed by atoms with Gasteiger partial charge in [0.1, 0.15) is 0 Å². The molecule has 0 saturated heterocycles. The lowest BCUT2D eigenvalue weighted by Crippen LogP contribution is -1.90. The van der Waals surface area contributed by atoms with Crippen molar-refractivity contribution in [2.75, 3.05) is 0 Å². The molecule has 0 amide bonds. The van der Waals surface area contributed by atoms with Gasteiger partial charge in [-0.3, -0.25) is 4.68 Å². The molecule has 17 heavy (non-hydrogen) atoms. The van der Waals surface area contributed by atoms with Crippen LogP contribution in [0.5, 0.6) is 0 Å². The van der Waals surface area contributed by atoms with Crippen molar-refractivity contribution in [1.29, 1.82) is 0 Å². The van der Waals surface area contributed by atoms with E-state index in [-0.39, 0.29) is 0 Å². The smallest absolute Gasteiger partial charge is 0.0932 e. The highest BCUT2D eigenvalue weighted by Crippen LogP contribution is 2.22. The largest absolute Gasteiger partial charge is 0.268 e. The Bertz CT molecular complexity index is 685. The molecule has 84 valence electrons. The fraction of sp³-hybridized carbons (Fsp3) is 0.154. The van der Waals surface area contributed by atoms with E-state index in [1.54, 1.807) is 6.20 Å². The number of rotatable bonds is 1. The van der Waals surface area contributed by atoms with Gasteiger partial charge in [0.15, 0.2) is 0 Å². The van der Waals surface area contributed by atoms with E-state index in [0.29, 0.717) is 0 Å². The number of aromatic nitrogens is 4. The lowest BCUT2D eigenvalue weighted by atomic mass is 10.1. The second-order valence-corrected chi connectivity index (χ2v) is 4.16. The van der Waals surface area contributed by atoms with Gasteiger partial charge in [-0.25, -0.2) is 0 Å². The maximum absolute atomic E-state index is 4.23. The van der Waals surface area contributed by atoms with Gasteiger partial charge in [-0.2, -0.15) is 15.3 Å². The van der Waals surface area contributed by atoms with Gasteiger partial charge >= 0.3 is 0 Å². The summed E-state index contributed by atoms with van der Waals surface area (Å²) in [5.41, 5.74) is 4.20. The molecule has 0 aliphatic heterocycles. The molecular weight excluding hydrogens is 212 g/mol. The third kappa shape index (κ3) is 1.67. The highest BCUT2D eigenvalue weighted by atomic mass is 15.2. The van der Waals surface area contributed by atoms with E-state index >= 15 is 0 Å². The van der Waals surface area contributed by atoms with Gasteiger partial charge in [-0.15, -0.1) is 0 Å². The van der Waals surface area contributed by atoms with Crippen LogP contribution in [0.2, 0.25) is 0 Å². The van der Waals surface area contributed by atoms with Gasteiger partial charge in [0.2, 0.25) is 0 Å². The third-order valence-electron chi connectivity index (χ3n) is 2.83. The first-order chi connectivity index (χ1) is 8.24. The van der Waals surface area contributed by atoms with Gasteiger partial charge in [-0.05, 0) is 30.7 Å². The Hall–Kier alpha value is -2.23. The molecule has 1 aromatic carbocycles. The molecule has 2 heterocycles. The van der Waals surface area contributed by atoms with Crippen LogP contribution in [-0.2, 0) is 7.05 Å². The van der Waals surface area contributed by atoms with E-state index in [4.69, 9.17) is 0 Å². The van der Waals surface area contributed by atoms with E-state index in [2.05, 4.69) is 27.4 Å². The minimum Gasteiger partial charge on any atom is -0.268 e. The summed E-state index contributed by atoms with van der Waals surface area (Å²) >= 11 is 0. The van der Waals surface area contributed by atoms with Crippen molar-refractivity contribution in [3.05, 3.63) is 42.2 Å². The van der Waals surface area contributed by atoms with Crippen molar-refractivity contribution >= 4 is 10.9 Å². The lowest BCUT2D eigenvalue weighted by Gasteiger charge is -2.01. The molecule has 4 nitrogen and oxygen atoms in total. The van der Waals surface area contributed by atoms with Crippen LogP contribution in [0.15, 0.2) is 36.7 Å². The molecule has 0 N–H and O–H groups in total. The van der Waals surface area contributed by atoms with Crippen molar-refractivity contribution in [3.63, 3.8) is 0 Å². The molecular formula is C13H12N4. The first-order valence-electron chi connectivity index (χ1n) is 5.45. The fourth-order valence-electron chi connectivity index (χ4n) is 1.93. The molecule has 0 unspecified atom stereocenters. The summed E-state index contributed by atoms with van der Waals surface area (Å²) in [7, 11) is 1.94. The van der Waals surface area contributed by atoms with Gasteiger partial charge in [-0.1, -0.05) is 6.07 Å². The Morgan fingerprint density at radius 2 is 2.00 bits per heavy atom. The number of benzene rings is 1. The molecule has 0 aliphatic rings. The molecule has 3 rings (SSSR count). The zero-order chi connectivity index (χ0) is 11.8. The molecule has 4 heteroatoms. The summed E-state index contributed by atoms with van der Waals surface area (Å²) in [6.45, 7) is 2.01. The van der Waals surface area contributed by atoms with Crippen LogP contribution in [0.4, 0.5) is 0 Å². The predicted octanol–water partition coefficient (Wildman–Crippen LogP) is 2.34. The normalized spacial score (nSPS) is 10.9. The number of hydrogen-bond donors (Lipinski definition) is 0. The Morgan fingerprint density at radius 1 is 1.12 bits per heavy atom.